The maximum absolute atomic E-state index is 13.1. The van der Waals surface area contributed by atoms with Crippen LogP contribution in [0.25, 0.3) is 10.9 Å². The highest BCUT2D eigenvalue weighted by Crippen LogP contribution is 2.27. The Hall–Kier alpha value is -2.55. The Bertz CT molecular complexity index is 1020. The second kappa shape index (κ2) is 8.86. The number of hydrogen-bond acceptors (Lipinski definition) is 3. The zero-order valence-corrected chi connectivity index (χ0v) is 18.8. The zero-order valence-electron chi connectivity index (χ0n) is 16.6. The lowest BCUT2D eigenvalue weighted by Gasteiger charge is -2.21. The third-order valence-corrected chi connectivity index (χ3v) is 4.93. The molecule has 0 aliphatic carbocycles. The van der Waals surface area contributed by atoms with Gasteiger partial charge in [-0.2, -0.15) is 0 Å². The minimum atomic E-state index is -0.616. The van der Waals surface area contributed by atoms with Gasteiger partial charge in [0, 0.05) is 31.8 Å². The number of ether oxygens (including phenoxy) is 1. The summed E-state index contributed by atoms with van der Waals surface area (Å²) in [7, 11) is 0. The monoisotopic (exact) mass is 505 g/mol. The van der Waals surface area contributed by atoms with E-state index in [2.05, 4.69) is 32.9 Å². The first-order valence-corrected chi connectivity index (χ1v) is 10.4. The Balaban J connectivity index is 1.93. The van der Waals surface area contributed by atoms with Gasteiger partial charge in [-0.05, 0) is 73.7 Å². The summed E-state index contributed by atoms with van der Waals surface area (Å²) in [5.74, 6) is 0. The minimum Gasteiger partial charge on any atom is -0.623 e. The number of rotatable bonds is 5. The predicted molar refractivity (Wildman–Crippen MR) is 123 cm³/mol. The number of nitrogens with one attached hydrogen (secondary N) is 2. The number of hydroxylamine groups is 1. The normalized spacial score (nSPS) is 13.3. The molecule has 1 aromatic heterocycles. The van der Waals surface area contributed by atoms with E-state index >= 15 is 0 Å². The molecule has 1 heterocycles. The first-order chi connectivity index (χ1) is 13.7. The number of aromatic nitrogens is 1. The van der Waals surface area contributed by atoms with E-state index in [1.807, 2.05) is 54.7 Å². The predicted octanol–water partition coefficient (Wildman–Crippen LogP) is 4.97. The molecule has 0 bridgehead atoms. The fourth-order valence-corrected chi connectivity index (χ4v) is 3.49. The van der Waals surface area contributed by atoms with Crippen LogP contribution < -0.4 is 5.32 Å². The molecule has 29 heavy (non-hydrogen) atoms. The van der Waals surface area contributed by atoms with E-state index in [1.165, 1.54) is 6.21 Å². The molecule has 1 unspecified atom stereocenters. The average Bonchev–Trinajstić information content (AvgIpc) is 3.04. The molecular formula is C22H24IN3O3. The Morgan fingerprint density at radius 1 is 1.28 bits per heavy atom. The van der Waals surface area contributed by atoms with E-state index in [4.69, 9.17) is 4.74 Å². The Morgan fingerprint density at radius 3 is 2.69 bits per heavy atom. The summed E-state index contributed by atoms with van der Waals surface area (Å²) < 4.78 is 7.27. The van der Waals surface area contributed by atoms with Crippen molar-refractivity contribution in [3.63, 3.8) is 0 Å². The van der Waals surface area contributed by atoms with Gasteiger partial charge in [-0.1, -0.05) is 18.2 Å². The number of halogens is 1. The summed E-state index contributed by atoms with van der Waals surface area (Å²) in [6.45, 7) is 5.51. The van der Waals surface area contributed by atoms with E-state index in [-0.39, 0.29) is 6.54 Å². The van der Waals surface area contributed by atoms with Crippen molar-refractivity contribution in [2.75, 3.05) is 6.54 Å². The lowest BCUT2D eigenvalue weighted by Crippen LogP contribution is -2.36. The smallest absolute Gasteiger partial charge is 0.407 e. The molecule has 6 nitrogen and oxygen atoms in total. The van der Waals surface area contributed by atoms with Crippen molar-refractivity contribution in [2.45, 2.75) is 32.4 Å². The lowest BCUT2D eigenvalue weighted by molar-refractivity contribution is -0.500. The van der Waals surface area contributed by atoms with Crippen molar-refractivity contribution in [1.29, 1.82) is 0 Å². The van der Waals surface area contributed by atoms with Crippen LogP contribution in [0.1, 0.15) is 37.9 Å². The average molecular weight is 505 g/mol. The Kier molecular flexibility index (Phi) is 6.46. The van der Waals surface area contributed by atoms with Crippen molar-refractivity contribution in [3.05, 3.63) is 74.6 Å². The maximum Gasteiger partial charge on any atom is 0.407 e. The lowest BCUT2D eigenvalue weighted by atomic mass is 10.1. The SMILES string of the molecule is CC(C)(C)OC(=O)NCC(c1c[nH]c2ccc(I)cc12)/[N+]([O-])=C\c1ccccc1. The minimum absolute atomic E-state index is 0.111. The number of amides is 1. The molecule has 2 aromatic carbocycles. The van der Waals surface area contributed by atoms with Gasteiger partial charge in [0.25, 0.3) is 0 Å². The number of H-pyrrole nitrogens is 1. The fourth-order valence-electron chi connectivity index (χ4n) is 3.00. The largest absolute Gasteiger partial charge is 0.623 e. The van der Waals surface area contributed by atoms with E-state index in [9.17, 15) is 10.0 Å². The molecule has 3 rings (SSSR count). The van der Waals surface area contributed by atoms with Gasteiger partial charge in [-0.15, -0.1) is 0 Å². The van der Waals surface area contributed by atoms with Gasteiger partial charge in [-0.25, -0.2) is 9.53 Å². The highest BCUT2D eigenvalue weighted by Gasteiger charge is 2.25. The highest BCUT2D eigenvalue weighted by atomic mass is 127. The summed E-state index contributed by atoms with van der Waals surface area (Å²) in [5.41, 5.74) is 1.94. The van der Waals surface area contributed by atoms with E-state index in [0.717, 1.165) is 30.3 Å². The number of carbonyl (C=O) groups is 1. The van der Waals surface area contributed by atoms with Crippen LogP contribution in [0, 0.1) is 8.78 Å². The molecule has 0 saturated heterocycles. The first kappa shape index (κ1) is 21.2. The van der Waals surface area contributed by atoms with Crippen LogP contribution in [0.3, 0.4) is 0 Å². The molecule has 7 heteroatoms. The van der Waals surface area contributed by atoms with Crippen molar-refractivity contribution in [2.24, 2.45) is 0 Å². The van der Waals surface area contributed by atoms with Crippen LogP contribution >= 0.6 is 22.6 Å². The third kappa shape index (κ3) is 5.72. The van der Waals surface area contributed by atoms with Crippen molar-refractivity contribution < 1.29 is 14.3 Å². The molecule has 3 aromatic rings. The van der Waals surface area contributed by atoms with Crippen LogP contribution in [0.15, 0.2) is 54.7 Å². The molecule has 0 saturated carbocycles. The molecule has 2 N–H and O–H groups in total. The Morgan fingerprint density at radius 2 is 2.00 bits per heavy atom. The summed E-state index contributed by atoms with van der Waals surface area (Å²) in [6, 6.07) is 14.8. The number of benzene rings is 2. The standard InChI is InChI=1S/C22H24IN3O3/c1-22(2,3)29-21(27)25-13-20(26(28)14-15-7-5-4-6-8-15)18-12-24-19-10-9-16(23)11-17(18)19/h4-12,14,20,24H,13H2,1-3H3,(H,25,27)/b26-14+. The Labute approximate surface area is 183 Å². The molecule has 0 aliphatic rings. The van der Waals surface area contributed by atoms with Crippen LogP contribution in [0.4, 0.5) is 4.79 Å². The summed E-state index contributed by atoms with van der Waals surface area (Å²) in [4.78, 5) is 15.4. The maximum atomic E-state index is 13.1. The van der Waals surface area contributed by atoms with Gasteiger partial charge in [0.15, 0.2) is 6.21 Å². The summed E-state index contributed by atoms with van der Waals surface area (Å²) in [6.07, 6.45) is 2.81. The van der Waals surface area contributed by atoms with E-state index in [0.29, 0.717) is 0 Å². The summed E-state index contributed by atoms with van der Waals surface area (Å²) >= 11 is 2.25. The molecular weight excluding hydrogens is 481 g/mol. The number of aromatic amines is 1. The number of nitrogens with zero attached hydrogens (tertiary/aromatic N) is 1. The van der Waals surface area contributed by atoms with Gasteiger partial charge >= 0.3 is 6.09 Å². The van der Waals surface area contributed by atoms with E-state index < -0.39 is 17.7 Å². The highest BCUT2D eigenvalue weighted by molar-refractivity contribution is 14.1. The van der Waals surface area contributed by atoms with Crippen LogP contribution in [-0.4, -0.2) is 34.2 Å². The summed E-state index contributed by atoms with van der Waals surface area (Å²) in [5, 5.41) is 16.8. The topological polar surface area (TPSA) is 80.2 Å². The zero-order chi connectivity index (χ0) is 21.0. The number of fused-ring (bicyclic) bond motifs is 1. The van der Waals surface area contributed by atoms with Gasteiger partial charge in [0.2, 0.25) is 6.04 Å². The van der Waals surface area contributed by atoms with Crippen LogP contribution in [-0.2, 0) is 4.74 Å². The fraction of sp³-hybridized carbons (Fsp3) is 0.273. The molecule has 0 spiro atoms. The molecule has 1 amide bonds. The van der Waals surface area contributed by atoms with Crippen molar-refractivity contribution in [3.8, 4) is 0 Å². The number of carbonyl (C=O) groups excluding carboxylic acids is 1. The van der Waals surface area contributed by atoms with Gasteiger partial charge in [0.05, 0.1) is 6.54 Å². The van der Waals surface area contributed by atoms with Crippen LogP contribution in [0.2, 0.25) is 0 Å². The van der Waals surface area contributed by atoms with Crippen LogP contribution in [0.5, 0.6) is 0 Å². The second-order valence-corrected chi connectivity index (χ2v) is 8.98. The molecule has 0 fully saturated rings. The molecule has 0 aliphatic heterocycles. The molecule has 152 valence electrons. The number of hydrogen-bond donors (Lipinski definition) is 2. The first-order valence-electron chi connectivity index (χ1n) is 9.32. The molecule has 0 radical (unpaired) electrons. The van der Waals surface area contributed by atoms with Crippen molar-refractivity contribution in [1.82, 2.24) is 10.3 Å². The van der Waals surface area contributed by atoms with Gasteiger partial charge < -0.3 is 20.2 Å². The molecule has 1 atom stereocenters. The van der Waals surface area contributed by atoms with Gasteiger partial charge in [-0.3, -0.25) is 0 Å². The number of alkyl carbamates (subject to hydrolysis) is 1. The van der Waals surface area contributed by atoms with Gasteiger partial charge in [0.1, 0.15) is 5.60 Å². The van der Waals surface area contributed by atoms with E-state index in [1.54, 1.807) is 20.8 Å². The quantitative estimate of drug-likeness (QED) is 0.169. The third-order valence-electron chi connectivity index (χ3n) is 4.26. The second-order valence-electron chi connectivity index (χ2n) is 7.73. The van der Waals surface area contributed by atoms with Crippen molar-refractivity contribution >= 4 is 45.8 Å².